The van der Waals surface area contributed by atoms with E-state index >= 15 is 0 Å². The molecular weight excluding hydrogens is 258 g/mol. The summed E-state index contributed by atoms with van der Waals surface area (Å²) in [6.45, 7) is 0. The molecule has 2 N–H and O–H groups in total. The van der Waals surface area contributed by atoms with Gasteiger partial charge in [-0.2, -0.15) is 0 Å². The predicted molar refractivity (Wildman–Crippen MR) is 65.8 cm³/mol. The van der Waals surface area contributed by atoms with Crippen molar-refractivity contribution in [1.82, 2.24) is 0 Å². The standard InChI is InChI=1S/C11H11NO5S/c1-16-9-3-2-7-4-8(6-18(12,14)15)11(13)17-10(7)5-9/h2-5H,6H2,1H3,(H2,12,14,15). The van der Waals surface area contributed by atoms with E-state index in [0.717, 1.165) is 0 Å². The third-order valence-corrected chi connectivity index (χ3v) is 3.09. The Kier molecular flexibility index (Phi) is 3.10. The summed E-state index contributed by atoms with van der Waals surface area (Å²) in [4.78, 5) is 11.6. The molecule has 0 saturated carbocycles. The predicted octanol–water partition coefficient (Wildman–Crippen LogP) is 0.590. The minimum Gasteiger partial charge on any atom is -0.497 e. The zero-order valence-electron chi connectivity index (χ0n) is 9.54. The van der Waals surface area contributed by atoms with E-state index in [-0.39, 0.29) is 5.56 Å². The molecule has 1 heterocycles. The molecule has 0 aliphatic heterocycles. The number of hydrogen-bond donors (Lipinski definition) is 1. The first kappa shape index (κ1) is 12.6. The molecule has 0 unspecified atom stereocenters. The number of benzene rings is 1. The Labute approximate surface area is 103 Å². The number of methoxy groups -OCH3 is 1. The van der Waals surface area contributed by atoms with Crippen molar-refractivity contribution in [2.45, 2.75) is 5.75 Å². The number of sulfonamides is 1. The fourth-order valence-corrected chi connectivity index (χ4v) is 2.21. The van der Waals surface area contributed by atoms with Crippen LogP contribution in [0.4, 0.5) is 0 Å². The molecule has 2 rings (SSSR count). The number of ether oxygens (including phenoxy) is 1. The van der Waals surface area contributed by atoms with Crippen LogP contribution in [-0.4, -0.2) is 15.5 Å². The number of primary sulfonamides is 1. The summed E-state index contributed by atoms with van der Waals surface area (Å²) in [5, 5.41) is 5.50. The highest BCUT2D eigenvalue weighted by Gasteiger charge is 2.12. The molecular formula is C11H11NO5S. The average Bonchev–Trinajstić information content (AvgIpc) is 2.27. The molecule has 0 spiro atoms. The summed E-state index contributed by atoms with van der Waals surface area (Å²) >= 11 is 0. The molecule has 7 heteroatoms. The molecule has 1 aromatic carbocycles. The van der Waals surface area contributed by atoms with Gasteiger partial charge in [0.05, 0.1) is 18.4 Å². The van der Waals surface area contributed by atoms with Crippen LogP contribution in [0.5, 0.6) is 5.75 Å². The lowest BCUT2D eigenvalue weighted by molar-refractivity contribution is 0.414. The Morgan fingerprint density at radius 1 is 1.33 bits per heavy atom. The summed E-state index contributed by atoms with van der Waals surface area (Å²) < 4.78 is 32.0. The number of fused-ring (bicyclic) bond motifs is 1. The van der Waals surface area contributed by atoms with Crippen molar-refractivity contribution in [3.05, 3.63) is 40.2 Å². The minimum absolute atomic E-state index is 0.00941. The van der Waals surface area contributed by atoms with Crippen LogP contribution in [0.2, 0.25) is 0 Å². The third kappa shape index (κ3) is 2.69. The molecule has 0 aliphatic rings. The van der Waals surface area contributed by atoms with Gasteiger partial charge < -0.3 is 9.15 Å². The molecule has 0 saturated heterocycles. The molecule has 0 fully saturated rings. The zero-order chi connectivity index (χ0) is 13.3. The van der Waals surface area contributed by atoms with Gasteiger partial charge in [-0.15, -0.1) is 0 Å². The zero-order valence-corrected chi connectivity index (χ0v) is 10.4. The summed E-state index contributed by atoms with van der Waals surface area (Å²) in [6, 6.07) is 6.36. The lowest BCUT2D eigenvalue weighted by Gasteiger charge is -2.03. The Balaban J connectivity index is 2.60. The molecule has 0 bridgehead atoms. The van der Waals surface area contributed by atoms with E-state index in [2.05, 4.69) is 0 Å². The number of rotatable bonds is 3. The van der Waals surface area contributed by atoms with E-state index in [9.17, 15) is 13.2 Å². The van der Waals surface area contributed by atoms with Gasteiger partial charge in [0.25, 0.3) is 0 Å². The van der Waals surface area contributed by atoms with E-state index in [1.54, 1.807) is 18.2 Å². The van der Waals surface area contributed by atoms with Crippen molar-refractivity contribution in [1.29, 1.82) is 0 Å². The first-order valence-corrected chi connectivity index (χ1v) is 6.72. The van der Waals surface area contributed by atoms with Gasteiger partial charge in [0.2, 0.25) is 10.0 Å². The van der Waals surface area contributed by atoms with E-state index in [0.29, 0.717) is 16.7 Å². The van der Waals surface area contributed by atoms with Crippen LogP contribution < -0.4 is 15.5 Å². The quantitative estimate of drug-likeness (QED) is 0.822. The normalized spacial score (nSPS) is 11.7. The second-order valence-electron chi connectivity index (χ2n) is 3.77. The van der Waals surface area contributed by atoms with Crippen LogP contribution in [0.15, 0.2) is 33.5 Å². The van der Waals surface area contributed by atoms with E-state index in [1.165, 1.54) is 13.2 Å². The van der Waals surface area contributed by atoms with Gasteiger partial charge in [0.1, 0.15) is 11.3 Å². The molecule has 2 aromatic rings. The van der Waals surface area contributed by atoms with E-state index in [4.69, 9.17) is 14.3 Å². The van der Waals surface area contributed by atoms with Crippen LogP contribution in [0.25, 0.3) is 11.0 Å². The van der Waals surface area contributed by atoms with Crippen LogP contribution in [0, 0.1) is 0 Å². The fraction of sp³-hybridized carbons (Fsp3) is 0.182. The largest absolute Gasteiger partial charge is 0.497 e. The SMILES string of the molecule is COc1ccc2cc(CS(N)(=O)=O)c(=O)oc2c1. The van der Waals surface area contributed by atoms with Crippen LogP contribution in [0.1, 0.15) is 5.56 Å². The highest BCUT2D eigenvalue weighted by atomic mass is 32.2. The molecule has 1 aromatic heterocycles. The minimum atomic E-state index is -3.77. The van der Waals surface area contributed by atoms with Gasteiger partial charge in [-0.3, -0.25) is 0 Å². The summed E-state index contributed by atoms with van der Waals surface area (Å²) in [6.07, 6.45) is 0. The smallest absolute Gasteiger partial charge is 0.340 e. The second-order valence-corrected chi connectivity index (χ2v) is 5.38. The maximum absolute atomic E-state index is 11.6. The summed E-state index contributed by atoms with van der Waals surface area (Å²) in [5.41, 5.74) is -0.377. The first-order chi connectivity index (χ1) is 8.39. The summed E-state index contributed by atoms with van der Waals surface area (Å²) in [5.74, 6) is 0.00181. The Morgan fingerprint density at radius 3 is 2.67 bits per heavy atom. The number of hydrogen-bond acceptors (Lipinski definition) is 5. The highest BCUT2D eigenvalue weighted by molar-refractivity contribution is 7.88. The molecule has 18 heavy (non-hydrogen) atoms. The summed E-state index contributed by atoms with van der Waals surface area (Å²) in [7, 11) is -2.27. The van der Waals surface area contributed by atoms with Gasteiger partial charge >= 0.3 is 5.63 Å². The van der Waals surface area contributed by atoms with Crippen molar-refractivity contribution in [2.24, 2.45) is 5.14 Å². The van der Waals surface area contributed by atoms with Gasteiger partial charge in [-0.05, 0) is 18.2 Å². The Bertz CT molecular complexity index is 748. The van der Waals surface area contributed by atoms with Gasteiger partial charge in [0, 0.05) is 11.5 Å². The maximum Gasteiger partial charge on any atom is 0.340 e. The van der Waals surface area contributed by atoms with E-state index in [1.807, 2.05) is 0 Å². The van der Waals surface area contributed by atoms with Crippen LogP contribution in [-0.2, 0) is 15.8 Å². The Hall–Kier alpha value is -1.86. The van der Waals surface area contributed by atoms with Crippen molar-refractivity contribution < 1.29 is 17.6 Å². The topological polar surface area (TPSA) is 99.6 Å². The first-order valence-electron chi connectivity index (χ1n) is 5.00. The van der Waals surface area contributed by atoms with Crippen molar-refractivity contribution >= 4 is 21.0 Å². The van der Waals surface area contributed by atoms with Gasteiger partial charge in [-0.1, -0.05) is 0 Å². The van der Waals surface area contributed by atoms with Crippen molar-refractivity contribution in [2.75, 3.05) is 7.11 Å². The van der Waals surface area contributed by atoms with Gasteiger partial charge in [0.15, 0.2) is 0 Å². The van der Waals surface area contributed by atoms with Crippen molar-refractivity contribution in [3.8, 4) is 5.75 Å². The molecule has 6 nitrogen and oxygen atoms in total. The van der Waals surface area contributed by atoms with Crippen molar-refractivity contribution in [3.63, 3.8) is 0 Å². The van der Waals surface area contributed by atoms with E-state index < -0.39 is 21.4 Å². The lowest BCUT2D eigenvalue weighted by Crippen LogP contribution is -2.19. The molecule has 0 atom stereocenters. The molecule has 96 valence electrons. The third-order valence-electron chi connectivity index (χ3n) is 2.37. The van der Waals surface area contributed by atoms with Crippen LogP contribution in [0.3, 0.4) is 0 Å². The number of nitrogens with two attached hydrogens (primary N) is 1. The van der Waals surface area contributed by atoms with Crippen LogP contribution >= 0.6 is 0 Å². The lowest BCUT2D eigenvalue weighted by atomic mass is 10.2. The molecule has 0 radical (unpaired) electrons. The van der Waals surface area contributed by atoms with Gasteiger partial charge in [-0.25, -0.2) is 18.4 Å². The second kappa shape index (κ2) is 4.43. The monoisotopic (exact) mass is 269 g/mol. The average molecular weight is 269 g/mol. The highest BCUT2D eigenvalue weighted by Crippen LogP contribution is 2.20. The maximum atomic E-state index is 11.6. The Morgan fingerprint density at radius 2 is 2.06 bits per heavy atom. The molecule has 0 aliphatic carbocycles. The fourth-order valence-electron chi connectivity index (χ4n) is 1.58. The molecule has 0 amide bonds.